The fourth-order valence-corrected chi connectivity index (χ4v) is 2.14. The van der Waals surface area contributed by atoms with Crippen LogP contribution in [-0.2, 0) is 14.9 Å². The molecule has 0 fully saturated rings. The summed E-state index contributed by atoms with van der Waals surface area (Å²) in [6, 6.07) is 16.3. The first-order valence-corrected chi connectivity index (χ1v) is 7.01. The number of ether oxygens (including phenoxy) is 1. The molecule has 0 spiro atoms. The minimum atomic E-state index is -0.718. The lowest BCUT2D eigenvalue weighted by molar-refractivity contribution is -0.120. The van der Waals surface area contributed by atoms with Crippen molar-refractivity contribution in [2.45, 2.75) is 19.3 Å². The number of anilines is 1. The standard InChI is InChI=1S/C18H19NO3/c1-18(2,13-9-5-4-6-10-13)17(21)19-15-12-8-7-11-14(15)16(20)22-3/h4-12H,1-3H3,(H,19,21). The van der Waals surface area contributed by atoms with Crippen LogP contribution in [0.4, 0.5) is 5.69 Å². The number of carbonyl (C=O) groups excluding carboxylic acids is 2. The number of hydrogen-bond acceptors (Lipinski definition) is 3. The van der Waals surface area contributed by atoms with Crippen LogP contribution in [-0.4, -0.2) is 19.0 Å². The first-order valence-electron chi connectivity index (χ1n) is 7.01. The number of benzene rings is 2. The number of esters is 1. The molecular formula is C18H19NO3. The lowest BCUT2D eigenvalue weighted by Crippen LogP contribution is -2.35. The minimum Gasteiger partial charge on any atom is -0.465 e. The lowest BCUT2D eigenvalue weighted by atomic mass is 9.83. The van der Waals surface area contributed by atoms with E-state index in [2.05, 4.69) is 5.32 Å². The third-order valence-electron chi connectivity index (χ3n) is 3.64. The zero-order chi connectivity index (χ0) is 16.2. The number of rotatable bonds is 4. The predicted octanol–water partition coefficient (Wildman–Crippen LogP) is 3.39. The van der Waals surface area contributed by atoms with E-state index in [1.54, 1.807) is 24.3 Å². The van der Waals surface area contributed by atoms with Crippen LogP contribution >= 0.6 is 0 Å². The Labute approximate surface area is 130 Å². The van der Waals surface area contributed by atoms with Gasteiger partial charge in [-0.15, -0.1) is 0 Å². The maximum atomic E-state index is 12.6. The second-order valence-corrected chi connectivity index (χ2v) is 5.48. The molecule has 0 saturated carbocycles. The van der Waals surface area contributed by atoms with Gasteiger partial charge in [0.1, 0.15) is 0 Å². The van der Waals surface area contributed by atoms with Crippen LogP contribution in [0.15, 0.2) is 54.6 Å². The van der Waals surface area contributed by atoms with Gasteiger partial charge in [0.05, 0.1) is 23.8 Å². The Morgan fingerprint density at radius 3 is 2.18 bits per heavy atom. The lowest BCUT2D eigenvalue weighted by Gasteiger charge is -2.24. The van der Waals surface area contributed by atoms with Gasteiger partial charge in [0.2, 0.25) is 5.91 Å². The third-order valence-corrected chi connectivity index (χ3v) is 3.64. The average Bonchev–Trinajstić information content (AvgIpc) is 2.55. The molecule has 0 aliphatic heterocycles. The number of para-hydroxylation sites is 1. The van der Waals surface area contributed by atoms with E-state index < -0.39 is 11.4 Å². The van der Waals surface area contributed by atoms with E-state index in [4.69, 9.17) is 4.74 Å². The number of carbonyl (C=O) groups is 2. The van der Waals surface area contributed by atoms with E-state index >= 15 is 0 Å². The molecule has 1 N–H and O–H groups in total. The van der Waals surface area contributed by atoms with E-state index in [1.165, 1.54) is 7.11 Å². The van der Waals surface area contributed by atoms with Crippen LogP contribution in [0.3, 0.4) is 0 Å². The van der Waals surface area contributed by atoms with Crippen LogP contribution < -0.4 is 5.32 Å². The van der Waals surface area contributed by atoms with Crippen LogP contribution in [0.5, 0.6) is 0 Å². The summed E-state index contributed by atoms with van der Waals surface area (Å²) in [6.07, 6.45) is 0. The maximum Gasteiger partial charge on any atom is 0.339 e. The molecule has 4 heteroatoms. The normalized spacial score (nSPS) is 10.9. The molecule has 0 bridgehead atoms. The summed E-state index contributed by atoms with van der Waals surface area (Å²) >= 11 is 0. The molecule has 2 rings (SSSR count). The largest absolute Gasteiger partial charge is 0.465 e. The van der Waals surface area contributed by atoms with E-state index in [9.17, 15) is 9.59 Å². The second kappa shape index (κ2) is 6.43. The van der Waals surface area contributed by atoms with Crippen LogP contribution in [0.2, 0.25) is 0 Å². The van der Waals surface area contributed by atoms with Crippen molar-refractivity contribution in [2.24, 2.45) is 0 Å². The Morgan fingerprint density at radius 2 is 1.55 bits per heavy atom. The first kappa shape index (κ1) is 15.8. The molecule has 0 saturated heterocycles. The Bertz CT molecular complexity index is 678. The van der Waals surface area contributed by atoms with E-state index in [0.717, 1.165) is 5.56 Å². The molecule has 2 aromatic carbocycles. The van der Waals surface area contributed by atoms with Gasteiger partial charge in [-0.3, -0.25) is 4.79 Å². The summed E-state index contributed by atoms with van der Waals surface area (Å²) in [7, 11) is 1.31. The van der Waals surface area contributed by atoms with Crippen molar-refractivity contribution in [3.8, 4) is 0 Å². The highest BCUT2D eigenvalue weighted by atomic mass is 16.5. The van der Waals surface area contributed by atoms with Crippen molar-refractivity contribution < 1.29 is 14.3 Å². The summed E-state index contributed by atoms with van der Waals surface area (Å²) < 4.78 is 4.74. The fourth-order valence-electron chi connectivity index (χ4n) is 2.14. The van der Waals surface area contributed by atoms with Gasteiger partial charge >= 0.3 is 5.97 Å². The molecular weight excluding hydrogens is 278 g/mol. The smallest absolute Gasteiger partial charge is 0.339 e. The van der Waals surface area contributed by atoms with Crippen molar-refractivity contribution in [3.63, 3.8) is 0 Å². The highest BCUT2D eigenvalue weighted by Gasteiger charge is 2.30. The summed E-state index contributed by atoms with van der Waals surface area (Å²) in [4.78, 5) is 24.4. The van der Waals surface area contributed by atoms with Crippen LogP contribution in [0.25, 0.3) is 0 Å². The van der Waals surface area contributed by atoms with Gasteiger partial charge in [0.25, 0.3) is 0 Å². The second-order valence-electron chi connectivity index (χ2n) is 5.48. The van der Waals surface area contributed by atoms with Crippen LogP contribution in [0.1, 0.15) is 29.8 Å². The van der Waals surface area contributed by atoms with E-state index in [-0.39, 0.29) is 5.91 Å². The summed E-state index contributed by atoms with van der Waals surface area (Å²) in [5.74, 6) is -0.663. The molecule has 22 heavy (non-hydrogen) atoms. The van der Waals surface area contributed by atoms with Crippen molar-refractivity contribution in [1.82, 2.24) is 0 Å². The summed E-state index contributed by atoms with van der Waals surface area (Å²) in [5.41, 5.74) is 0.971. The van der Waals surface area contributed by atoms with E-state index in [1.807, 2.05) is 44.2 Å². The molecule has 2 aromatic rings. The number of amides is 1. The quantitative estimate of drug-likeness (QED) is 0.880. The maximum absolute atomic E-state index is 12.6. The fraction of sp³-hybridized carbons (Fsp3) is 0.222. The molecule has 0 atom stereocenters. The topological polar surface area (TPSA) is 55.4 Å². The monoisotopic (exact) mass is 297 g/mol. The molecule has 0 heterocycles. The van der Waals surface area contributed by atoms with Gasteiger partial charge < -0.3 is 10.1 Å². The van der Waals surface area contributed by atoms with Gasteiger partial charge in [-0.1, -0.05) is 42.5 Å². The Morgan fingerprint density at radius 1 is 0.955 bits per heavy atom. The van der Waals surface area contributed by atoms with Crippen molar-refractivity contribution in [2.75, 3.05) is 12.4 Å². The summed E-state index contributed by atoms with van der Waals surface area (Å²) in [5, 5.41) is 2.82. The van der Waals surface area contributed by atoms with Gasteiger partial charge in [0.15, 0.2) is 0 Å². The van der Waals surface area contributed by atoms with Gasteiger partial charge in [-0.05, 0) is 31.5 Å². The highest BCUT2D eigenvalue weighted by molar-refractivity contribution is 6.04. The molecule has 114 valence electrons. The van der Waals surface area contributed by atoms with Crippen molar-refractivity contribution in [3.05, 3.63) is 65.7 Å². The number of methoxy groups -OCH3 is 1. The van der Waals surface area contributed by atoms with Gasteiger partial charge in [-0.25, -0.2) is 4.79 Å². The third kappa shape index (κ3) is 3.17. The van der Waals surface area contributed by atoms with E-state index in [0.29, 0.717) is 11.3 Å². The molecule has 0 aliphatic carbocycles. The molecule has 0 unspecified atom stereocenters. The Balaban J connectivity index is 2.28. The highest BCUT2D eigenvalue weighted by Crippen LogP contribution is 2.26. The van der Waals surface area contributed by atoms with Crippen molar-refractivity contribution >= 4 is 17.6 Å². The molecule has 4 nitrogen and oxygen atoms in total. The average molecular weight is 297 g/mol. The van der Waals surface area contributed by atoms with Crippen LogP contribution in [0, 0.1) is 0 Å². The number of hydrogen-bond donors (Lipinski definition) is 1. The first-order chi connectivity index (χ1) is 10.5. The zero-order valence-corrected chi connectivity index (χ0v) is 12.9. The van der Waals surface area contributed by atoms with Gasteiger partial charge in [-0.2, -0.15) is 0 Å². The molecule has 0 aromatic heterocycles. The van der Waals surface area contributed by atoms with Crippen molar-refractivity contribution in [1.29, 1.82) is 0 Å². The Kier molecular flexibility index (Phi) is 4.61. The van der Waals surface area contributed by atoms with Gasteiger partial charge in [0, 0.05) is 0 Å². The number of nitrogens with one attached hydrogen (secondary N) is 1. The summed E-state index contributed by atoms with van der Waals surface area (Å²) in [6.45, 7) is 3.69. The minimum absolute atomic E-state index is 0.185. The Hall–Kier alpha value is -2.62. The molecule has 0 radical (unpaired) electrons. The zero-order valence-electron chi connectivity index (χ0n) is 12.9. The molecule has 1 amide bonds. The molecule has 0 aliphatic rings. The predicted molar refractivity (Wildman–Crippen MR) is 85.9 cm³/mol. The SMILES string of the molecule is COC(=O)c1ccccc1NC(=O)C(C)(C)c1ccccc1.